The van der Waals surface area contributed by atoms with Crippen molar-refractivity contribution < 1.29 is 4.79 Å². The Kier molecular flexibility index (Phi) is 6.40. The van der Waals surface area contributed by atoms with Gasteiger partial charge in [0.15, 0.2) is 0 Å². The van der Waals surface area contributed by atoms with Gasteiger partial charge in [-0.1, -0.05) is 30.3 Å². The van der Waals surface area contributed by atoms with Crippen molar-refractivity contribution >= 4 is 5.91 Å². The molecule has 1 aromatic carbocycles. The van der Waals surface area contributed by atoms with E-state index in [1.54, 1.807) is 6.92 Å². The summed E-state index contributed by atoms with van der Waals surface area (Å²) in [6.07, 6.45) is 4.73. The number of aromatic nitrogens is 2. The smallest absolute Gasteiger partial charge is 0.254 e. The lowest BCUT2D eigenvalue weighted by Gasteiger charge is -2.37. The molecule has 0 spiro atoms. The Morgan fingerprint density at radius 2 is 2.11 bits per heavy atom. The first kappa shape index (κ1) is 19.3. The van der Waals surface area contributed by atoms with Crippen molar-refractivity contribution in [2.24, 2.45) is 0 Å². The number of rotatable bonds is 6. The molecule has 3 rings (SSSR count). The minimum atomic E-state index is -0.218. The first-order valence-corrected chi connectivity index (χ1v) is 9.59. The summed E-state index contributed by atoms with van der Waals surface area (Å²) in [7, 11) is 2.14. The molecule has 0 bridgehead atoms. The number of likely N-dealkylation sites (N-methyl/N-ethyl adjacent to an activating group) is 1. The summed E-state index contributed by atoms with van der Waals surface area (Å²) < 4.78 is 0. The van der Waals surface area contributed by atoms with E-state index in [0.717, 1.165) is 38.9 Å². The molecule has 1 N–H and O–H groups in total. The van der Waals surface area contributed by atoms with Gasteiger partial charge in [-0.3, -0.25) is 9.59 Å². The molecule has 2 aromatic rings. The molecule has 1 saturated heterocycles. The Bertz CT molecular complexity index is 818. The summed E-state index contributed by atoms with van der Waals surface area (Å²) in [5.41, 5.74) is 1.55. The van der Waals surface area contributed by atoms with E-state index in [2.05, 4.69) is 46.2 Å². The van der Waals surface area contributed by atoms with Crippen LogP contribution < -0.4 is 5.56 Å². The zero-order chi connectivity index (χ0) is 19.2. The molecule has 1 atom stereocenters. The van der Waals surface area contributed by atoms with Crippen LogP contribution >= 0.6 is 0 Å². The number of H-pyrrole nitrogens is 1. The van der Waals surface area contributed by atoms with Crippen molar-refractivity contribution in [1.82, 2.24) is 19.8 Å². The van der Waals surface area contributed by atoms with E-state index in [1.807, 2.05) is 11.0 Å². The quantitative estimate of drug-likeness (QED) is 0.844. The van der Waals surface area contributed by atoms with E-state index in [-0.39, 0.29) is 17.9 Å². The number of amides is 1. The number of carbonyl (C=O) groups is 1. The van der Waals surface area contributed by atoms with E-state index in [1.165, 1.54) is 11.8 Å². The third kappa shape index (κ3) is 5.26. The molecule has 144 valence electrons. The van der Waals surface area contributed by atoms with Crippen LogP contribution in [0.3, 0.4) is 0 Å². The van der Waals surface area contributed by atoms with Crippen LogP contribution in [0.1, 0.15) is 29.8 Å². The fourth-order valence-electron chi connectivity index (χ4n) is 3.58. The van der Waals surface area contributed by atoms with Gasteiger partial charge in [-0.25, -0.2) is 4.98 Å². The van der Waals surface area contributed by atoms with Gasteiger partial charge >= 0.3 is 0 Å². The summed E-state index contributed by atoms with van der Waals surface area (Å²) in [6, 6.07) is 10.8. The number of aromatic amines is 1. The van der Waals surface area contributed by atoms with E-state index >= 15 is 0 Å². The highest BCUT2D eigenvalue weighted by molar-refractivity contribution is 5.78. The highest BCUT2D eigenvalue weighted by Gasteiger charge is 2.26. The predicted molar refractivity (Wildman–Crippen MR) is 106 cm³/mol. The standard InChI is InChI=1S/C21H28N4O2/c1-16-22-14-18(21(27)23-16)13-20(26)25-11-6-9-19(15-25)24(2)12-10-17-7-4-3-5-8-17/h3-5,7-8,14,19H,6,9-13,15H2,1-2H3,(H,22,23,27). The molecule has 0 saturated carbocycles. The predicted octanol–water partition coefficient (Wildman–Crippen LogP) is 1.79. The van der Waals surface area contributed by atoms with Crippen LogP contribution in [0.25, 0.3) is 0 Å². The molecule has 27 heavy (non-hydrogen) atoms. The number of hydrogen-bond acceptors (Lipinski definition) is 4. The van der Waals surface area contributed by atoms with Gasteiger partial charge in [0.1, 0.15) is 5.82 Å². The van der Waals surface area contributed by atoms with Crippen molar-refractivity contribution in [3.05, 3.63) is 63.8 Å². The molecule has 0 aliphatic carbocycles. The number of nitrogens with one attached hydrogen (secondary N) is 1. The maximum absolute atomic E-state index is 12.7. The van der Waals surface area contributed by atoms with Gasteiger partial charge in [-0.15, -0.1) is 0 Å². The van der Waals surface area contributed by atoms with Gasteiger partial charge in [-0.2, -0.15) is 0 Å². The molecule has 6 nitrogen and oxygen atoms in total. The summed E-state index contributed by atoms with van der Waals surface area (Å²) in [4.78, 5) is 35.7. The Balaban J connectivity index is 1.54. The van der Waals surface area contributed by atoms with Crippen molar-refractivity contribution in [2.75, 3.05) is 26.7 Å². The zero-order valence-corrected chi connectivity index (χ0v) is 16.1. The molecule has 1 aliphatic heterocycles. The molecule has 1 fully saturated rings. The Morgan fingerprint density at radius 3 is 2.85 bits per heavy atom. The highest BCUT2D eigenvalue weighted by atomic mass is 16.2. The number of aryl methyl sites for hydroxylation is 1. The molecule has 2 heterocycles. The monoisotopic (exact) mass is 368 g/mol. The Morgan fingerprint density at radius 1 is 1.33 bits per heavy atom. The first-order chi connectivity index (χ1) is 13.0. The lowest BCUT2D eigenvalue weighted by Crippen LogP contribution is -2.49. The van der Waals surface area contributed by atoms with Gasteiger partial charge in [-0.05, 0) is 38.8 Å². The first-order valence-electron chi connectivity index (χ1n) is 9.59. The van der Waals surface area contributed by atoms with E-state index in [4.69, 9.17) is 0 Å². The molecule has 1 unspecified atom stereocenters. The van der Waals surface area contributed by atoms with E-state index < -0.39 is 0 Å². The number of hydrogen-bond donors (Lipinski definition) is 1. The topological polar surface area (TPSA) is 69.3 Å². The van der Waals surface area contributed by atoms with Crippen molar-refractivity contribution in [3.63, 3.8) is 0 Å². The molecule has 1 aromatic heterocycles. The SMILES string of the molecule is Cc1ncc(CC(=O)N2CCCC(N(C)CCc3ccccc3)C2)c(=O)[nH]1. The van der Waals surface area contributed by atoms with Crippen molar-refractivity contribution in [3.8, 4) is 0 Å². The van der Waals surface area contributed by atoms with Gasteiger partial charge in [0.2, 0.25) is 5.91 Å². The molecule has 1 aliphatic rings. The van der Waals surface area contributed by atoms with Crippen LogP contribution in [0.5, 0.6) is 0 Å². The molecule has 0 radical (unpaired) electrons. The van der Waals surface area contributed by atoms with Crippen LogP contribution in [-0.4, -0.2) is 58.4 Å². The number of nitrogens with zero attached hydrogens (tertiary/aromatic N) is 3. The fourth-order valence-corrected chi connectivity index (χ4v) is 3.58. The lowest BCUT2D eigenvalue weighted by atomic mass is 10.0. The van der Waals surface area contributed by atoms with Gasteiger partial charge < -0.3 is 14.8 Å². The maximum atomic E-state index is 12.7. The van der Waals surface area contributed by atoms with Crippen LogP contribution in [0.15, 0.2) is 41.3 Å². The summed E-state index contributed by atoms with van der Waals surface area (Å²) in [5.74, 6) is 0.571. The second-order valence-electron chi connectivity index (χ2n) is 7.35. The average molecular weight is 368 g/mol. The van der Waals surface area contributed by atoms with Crippen molar-refractivity contribution in [2.45, 2.75) is 38.6 Å². The minimum absolute atomic E-state index is 0.00677. The largest absolute Gasteiger partial charge is 0.341 e. The van der Waals surface area contributed by atoms with Gasteiger partial charge in [0.25, 0.3) is 5.56 Å². The number of benzene rings is 1. The maximum Gasteiger partial charge on any atom is 0.254 e. The minimum Gasteiger partial charge on any atom is -0.341 e. The zero-order valence-electron chi connectivity index (χ0n) is 16.1. The van der Waals surface area contributed by atoms with Gasteiger partial charge in [0, 0.05) is 37.4 Å². The number of likely N-dealkylation sites (tertiary alicyclic amines) is 1. The normalized spacial score (nSPS) is 17.3. The number of piperidine rings is 1. The summed E-state index contributed by atoms with van der Waals surface area (Å²) >= 11 is 0. The molecular weight excluding hydrogens is 340 g/mol. The summed E-state index contributed by atoms with van der Waals surface area (Å²) in [5, 5.41) is 0. The van der Waals surface area contributed by atoms with Crippen molar-refractivity contribution in [1.29, 1.82) is 0 Å². The number of carbonyl (C=O) groups excluding carboxylic acids is 1. The van der Waals surface area contributed by atoms with Crippen LogP contribution in [0, 0.1) is 6.92 Å². The second-order valence-corrected chi connectivity index (χ2v) is 7.35. The summed E-state index contributed by atoms with van der Waals surface area (Å²) in [6.45, 7) is 4.19. The van der Waals surface area contributed by atoms with Crippen LogP contribution in [0.4, 0.5) is 0 Å². The van der Waals surface area contributed by atoms with E-state index in [0.29, 0.717) is 17.4 Å². The lowest BCUT2D eigenvalue weighted by molar-refractivity contribution is -0.132. The third-order valence-electron chi connectivity index (χ3n) is 5.31. The highest BCUT2D eigenvalue weighted by Crippen LogP contribution is 2.16. The Hall–Kier alpha value is -2.47. The van der Waals surface area contributed by atoms with E-state index in [9.17, 15) is 9.59 Å². The van der Waals surface area contributed by atoms with Gasteiger partial charge in [0.05, 0.1) is 6.42 Å². The molecule has 6 heteroatoms. The van der Waals surface area contributed by atoms with Crippen LogP contribution in [-0.2, 0) is 17.6 Å². The average Bonchev–Trinajstić information content (AvgIpc) is 2.69. The molecule has 1 amide bonds. The fraction of sp³-hybridized carbons (Fsp3) is 0.476. The Labute approximate surface area is 160 Å². The van der Waals surface area contributed by atoms with Crippen LogP contribution in [0.2, 0.25) is 0 Å². The second kappa shape index (κ2) is 8.95. The third-order valence-corrected chi connectivity index (χ3v) is 5.31. The molecular formula is C21H28N4O2.